The van der Waals surface area contributed by atoms with Crippen molar-refractivity contribution in [2.75, 3.05) is 13.2 Å². The van der Waals surface area contributed by atoms with Gasteiger partial charge in [-0.2, -0.15) is 0 Å². The molecule has 0 fully saturated rings. The average Bonchev–Trinajstić information content (AvgIpc) is 3.20. The summed E-state index contributed by atoms with van der Waals surface area (Å²) in [6, 6.07) is 24.0. The predicted molar refractivity (Wildman–Crippen MR) is 147 cm³/mol. The van der Waals surface area contributed by atoms with Crippen molar-refractivity contribution in [2.24, 2.45) is 0 Å². The Bertz CT molecular complexity index is 1310. The Balaban J connectivity index is 1.32. The minimum absolute atomic E-state index is 0.0255. The molecular formula is C30H34ClN3O2. The molecule has 0 radical (unpaired) electrons. The summed E-state index contributed by atoms with van der Waals surface area (Å²) in [5.74, 6) is 1.85. The van der Waals surface area contributed by atoms with Crippen LogP contribution >= 0.6 is 11.6 Å². The van der Waals surface area contributed by atoms with E-state index in [1.165, 1.54) is 5.56 Å². The van der Waals surface area contributed by atoms with E-state index in [9.17, 15) is 4.79 Å². The van der Waals surface area contributed by atoms with Gasteiger partial charge in [0.1, 0.15) is 18.2 Å². The van der Waals surface area contributed by atoms with E-state index in [2.05, 4.69) is 48.9 Å². The van der Waals surface area contributed by atoms with Crippen molar-refractivity contribution in [3.63, 3.8) is 0 Å². The molecule has 36 heavy (non-hydrogen) atoms. The molecule has 3 aromatic carbocycles. The fraction of sp³-hybridized carbons (Fsp3) is 0.333. The van der Waals surface area contributed by atoms with E-state index < -0.39 is 0 Å². The summed E-state index contributed by atoms with van der Waals surface area (Å²) in [5.41, 5.74) is 4.33. The van der Waals surface area contributed by atoms with Gasteiger partial charge in [0.05, 0.1) is 24.0 Å². The highest BCUT2D eigenvalue weighted by Crippen LogP contribution is 2.24. The number of rotatable bonds is 10. The van der Waals surface area contributed by atoms with E-state index in [0.29, 0.717) is 24.7 Å². The second-order valence-electron chi connectivity index (χ2n) is 10.0. The van der Waals surface area contributed by atoms with Crippen LogP contribution in [-0.4, -0.2) is 28.6 Å². The molecule has 0 spiro atoms. The van der Waals surface area contributed by atoms with Crippen LogP contribution in [0.4, 0.5) is 0 Å². The highest BCUT2D eigenvalue weighted by molar-refractivity contribution is 6.31. The van der Waals surface area contributed by atoms with Gasteiger partial charge >= 0.3 is 0 Å². The highest BCUT2D eigenvalue weighted by Gasteiger charge is 2.14. The molecule has 0 saturated heterocycles. The zero-order chi connectivity index (χ0) is 25.5. The molecule has 0 aliphatic rings. The lowest BCUT2D eigenvalue weighted by atomic mass is 9.87. The van der Waals surface area contributed by atoms with Gasteiger partial charge < -0.3 is 14.6 Å². The monoisotopic (exact) mass is 503 g/mol. The van der Waals surface area contributed by atoms with Crippen molar-refractivity contribution in [2.45, 2.75) is 52.0 Å². The molecule has 0 aliphatic heterocycles. The lowest BCUT2D eigenvalue weighted by Crippen LogP contribution is -2.26. The van der Waals surface area contributed by atoms with Crippen LogP contribution in [0.1, 0.15) is 44.1 Å². The summed E-state index contributed by atoms with van der Waals surface area (Å²) < 4.78 is 8.28. The molecule has 1 heterocycles. The molecule has 1 N–H and O–H groups in total. The third-order valence-corrected chi connectivity index (χ3v) is 6.61. The van der Waals surface area contributed by atoms with E-state index in [-0.39, 0.29) is 17.7 Å². The number of fused-ring (bicyclic) bond motifs is 1. The molecule has 0 atom stereocenters. The molecular weight excluding hydrogens is 470 g/mol. The third kappa shape index (κ3) is 6.67. The first-order valence-electron chi connectivity index (χ1n) is 12.5. The predicted octanol–water partition coefficient (Wildman–Crippen LogP) is 6.36. The number of carbonyl (C=O) groups is 1. The van der Waals surface area contributed by atoms with Crippen LogP contribution in [0, 0.1) is 0 Å². The fourth-order valence-corrected chi connectivity index (χ4v) is 4.43. The molecule has 6 heteroatoms. The van der Waals surface area contributed by atoms with Crippen LogP contribution in [0.25, 0.3) is 11.0 Å². The number of aryl methyl sites for hydroxylation is 1. The SMILES string of the molecule is CC(C)(C)c1ccc(OCCn2c(CCCNC(=O)Cc3ccccc3Cl)nc3ccccc32)cc1. The first-order valence-corrected chi connectivity index (χ1v) is 12.9. The molecule has 0 saturated carbocycles. The largest absolute Gasteiger partial charge is 0.492 e. The Morgan fingerprint density at radius 1 is 1.00 bits per heavy atom. The zero-order valence-electron chi connectivity index (χ0n) is 21.3. The number of para-hydroxylation sites is 2. The second kappa shape index (κ2) is 11.6. The topological polar surface area (TPSA) is 56.1 Å². The van der Waals surface area contributed by atoms with E-state index in [0.717, 1.165) is 41.0 Å². The van der Waals surface area contributed by atoms with Gasteiger partial charge in [0, 0.05) is 18.0 Å². The number of halogens is 1. The summed E-state index contributed by atoms with van der Waals surface area (Å²) in [5, 5.41) is 3.62. The van der Waals surface area contributed by atoms with Crippen LogP contribution < -0.4 is 10.1 Å². The second-order valence-corrected chi connectivity index (χ2v) is 10.4. The quantitative estimate of drug-likeness (QED) is 0.256. The smallest absolute Gasteiger partial charge is 0.224 e. The first-order chi connectivity index (χ1) is 17.3. The van der Waals surface area contributed by atoms with Crippen LogP contribution in [0.5, 0.6) is 5.75 Å². The van der Waals surface area contributed by atoms with Gasteiger partial charge in [0.15, 0.2) is 0 Å². The third-order valence-electron chi connectivity index (χ3n) is 6.25. The van der Waals surface area contributed by atoms with Crippen LogP contribution in [0.15, 0.2) is 72.8 Å². The number of nitrogens with one attached hydrogen (secondary N) is 1. The van der Waals surface area contributed by atoms with E-state index in [4.69, 9.17) is 21.3 Å². The van der Waals surface area contributed by atoms with Crippen molar-refractivity contribution in [1.29, 1.82) is 0 Å². The Morgan fingerprint density at radius 3 is 2.47 bits per heavy atom. The number of nitrogens with zero attached hydrogens (tertiary/aromatic N) is 2. The number of benzene rings is 3. The lowest BCUT2D eigenvalue weighted by molar-refractivity contribution is -0.120. The van der Waals surface area contributed by atoms with Crippen molar-refractivity contribution in [3.05, 3.63) is 94.8 Å². The van der Waals surface area contributed by atoms with Crippen molar-refractivity contribution >= 4 is 28.5 Å². The number of amides is 1. The fourth-order valence-electron chi connectivity index (χ4n) is 4.22. The Labute approximate surface area is 218 Å². The highest BCUT2D eigenvalue weighted by atomic mass is 35.5. The number of hydrogen-bond donors (Lipinski definition) is 1. The number of hydrogen-bond acceptors (Lipinski definition) is 3. The molecule has 0 unspecified atom stereocenters. The number of carbonyl (C=O) groups excluding carboxylic acids is 1. The van der Waals surface area contributed by atoms with Gasteiger partial charge in [-0.1, -0.05) is 74.8 Å². The zero-order valence-corrected chi connectivity index (χ0v) is 22.0. The van der Waals surface area contributed by atoms with Gasteiger partial charge in [-0.15, -0.1) is 0 Å². The minimum Gasteiger partial charge on any atom is -0.492 e. The molecule has 4 aromatic rings. The normalized spacial score (nSPS) is 11.6. The van der Waals surface area contributed by atoms with Gasteiger partial charge in [-0.3, -0.25) is 4.79 Å². The number of imidazole rings is 1. The van der Waals surface area contributed by atoms with Crippen molar-refractivity contribution in [1.82, 2.24) is 14.9 Å². The summed E-state index contributed by atoms with van der Waals surface area (Å²) in [6.45, 7) is 8.46. The maximum Gasteiger partial charge on any atom is 0.224 e. The summed E-state index contributed by atoms with van der Waals surface area (Å²) >= 11 is 6.17. The van der Waals surface area contributed by atoms with Crippen LogP contribution in [-0.2, 0) is 29.6 Å². The molecule has 1 amide bonds. The van der Waals surface area contributed by atoms with Gasteiger partial charge in [-0.25, -0.2) is 4.98 Å². The summed E-state index contributed by atoms with van der Waals surface area (Å²) in [4.78, 5) is 17.2. The van der Waals surface area contributed by atoms with Gasteiger partial charge in [-0.05, 0) is 53.3 Å². The molecule has 4 rings (SSSR count). The van der Waals surface area contributed by atoms with Crippen LogP contribution in [0.2, 0.25) is 5.02 Å². The van der Waals surface area contributed by atoms with Gasteiger partial charge in [0.25, 0.3) is 0 Å². The molecule has 0 bridgehead atoms. The summed E-state index contributed by atoms with van der Waals surface area (Å²) in [7, 11) is 0. The Kier molecular flexibility index (Phi) is 8.32. The maximum atomic E-state index is 12.3. The minimum atomic E-state index is -0.0255. The molecule has 188 valence electrons. The Hall–Kier alpha value is -3.31. The number of aromatic nitrogens is 2. The Morgan fingerprint density at radius 2 is 1.72 bits per heavy atom. The molecule has 1 aromatic heterocycles. The lowest BCUT2D eigenvalue weighted by Gasteiger charge is -2.19. The maximum absolute atomic E-state index is 12.3. The first kappa shape index (κ1) is 25.8. The van der Waals surface area contributed by atoms with Crippen molar-refractivity contribution in [3.8, 4) is 5.75 Å². The van der Waals surface area contributed by atoms with E-state index in [1.54, 1.807) is 6.07 Å². The molecule has 5 nitrogen and oxygen atoms in total. The van der Waals surface area contributed by atoms with Crippen LogP contribution in [0.3, 0.4) is 0 Å². The number of ether oxygens (including phenoxy) is 1. The van der Waals surface area contributed by atoms with Gasteiger partial charge in [0.2, 0.25) is 5.91 Å². The molecule has 0 aliphatic carbocycles. The van der Waals surface area contributed by atoms with E-state index >= 15 is 0 Å². The van der Waals surface area contributed by atoms with Crippen molar-refractivity contribution < 1.29 is 9.53 Å². The summed E-state index contributed by atoms with van der Waals surface area (Å²) in [6.07, 6.45) is 1.85. The standard InChI is InChI=1S/C30H34ClN3O2/c1-30(2,3)23-14-16-24(17-15-23)36-20-19-34-27-12-7-6-11-26(27)33-28(34)13-8-18-32-29(35)21-22-9-4-5-10-25(22)31/h4-7,9-12,14-17H,8,13,18-21H2,1-3H3,(H,32,35). The average molecular weight is 504 g/mol. The van der Waals surface area contributed by atoms with E-state index in [1.807, 2.05) is 48.5 Å².